The number of benzene rings is 2. The van der Waals surface area contributed by atoms with Gasteiger partial charge in [0, 0.05) is 11.1 Å². The predicted molar refractivity (Wildman–Crippen MR) is 124 cm³/mol. The van der Waals surface area contributed by atoms with Crippen LogP contribution in [0.25, 0.3) is 0 Å². The van der Waals surface area contributed by atoms with Gasteiger partial charge in [0.2, 0.25) is 5.91 Å². The number of aryl methyl sites for hydroxylation is 1. The van der Waals surface area contributed by atoms with Crippen molar-refractivity contribution in [2.24, 2.45) is 11.8 Å². The highest BCUT2D eigenvalue weighted by Crippen LogP contribution is 2.33. The van der Waals surface area contributed by atoms with Crippen molar-refractivity contribution in [3.05, 3.63) is 58.1 Å². The Morgan fingerprint density at radius 3 is 2.10 bits per heavy atom. The number of rotatable bonds is 8. The first kappa shape index (κ1) is 24.5. The third-order valence-corrected chi connectivity index (χ3v) is 7.17. The van der Waals surface area contributed by atoms with E-state index >= 15 is 0 Å². The molecule has 1 N–H and O–H groups in total. The minimum atomic E-state index is -4.05. The van der Waals surface area contributed by atoms with Crippen LogP contribution in [0.4, 0.5) is 5.69 Å². The Bertz CT molecular complexity index is 982. The molecule has 0 radical (unpaired) electrons. The molecule has 0 spiro atoms. The van der Waals surface area contributed by atoms with E-state index in [9.17, 15) is 13.2 Å². The molecule has 0 fully saturated rings. The number of anilines is 1. The summed E-state index contributed by atoms with van der Waals surface area (Å²) in [6.07, 6.45) is 0. The van der Waals surface area contributed by atoms with Gasteiger partial charge in [-0.1, -0.05) is 68.6 Å². The molecule has 0 saturated carbocycles. The Kier molecular flexibility index (Phi) is 8.20. The van der Waals surface area contributed by atoms with Gasteiger partial charge in [-0.3, -0.25) is 9.10 Å². The van der Waals surface area contributed by atoms with Crippen LogP contribution in [0.15, 0.2) is 47.4 Å². The van der Waals surface area contributed by atoms with E-state index in [0.717, 1.165) is 9.87 Å². The fourth-order valence-corrected chi connectivity index (χ4v) is 5.15. The van der Waals surface area contributed by atoms with E-state index in [2.05, 4.69) is 5.32 Å². The van der Waals surface area contributed by atoms with Crippen LogP contribution in [0.1, 0.15) is 33.3 Å². The van der Waals surface area contributed by atoms with Crippen molar-refractivity contribution >= 4 is 44.8 Å². The molecule has 0 bridgehead atoms. The minimum Gasteiger partial charge on any atom is -0.351 e. The lowest BCUT2D eigenvalue weighted by Gasteiger charge is -2.29. The minimum absolute atomic E-state index is 0.0706. The summed E-state index contributed by atoms with van der Waals surface area (Å²) in [5, 5.41) is 3.47. The predicted octanol–water partition coefficient (Wildman–Crippen LogP) is 5.29. The number of sulfonamides is 1. The zero-order valence-electron chi connectivity index (χ0n) is 17.8. The molecule has 0 heterocycles. The molecule has 0 unspecified atom stereocenters. The Labute approximate surface area is 189 Å². The number of hydrogen-bond acceptors (Lipinski definition) is 3. The van der Waals surface area contributed by atoms with E-state index in [1.807, 2.05) is 34.6 Å². The van der Waals surface area contributed by atoms with Crippen molar-refractivity contribution < 1.29 is 13.2 Å². The molecule has 0 aliphatic heterocycles. The van der Waals surface area contributed by atoms with Crippen LogP contribution in [0.5, 0.6) is 0 Å². The molecule has 2 aromatic rings. The number of nitrogens with one attached hydrogen (secondary N) is 1. The second kappa shape index (κ2) is 10.0. The van der Waals surface area contributed by atoms with E-state index in [4.69, 9.17) is 23.2 Å². The molecule has 0 saturated heterocycles. The molecule has 0 aliphatic rings. The lowest BCUT2D eigenvalue weighted by atomic mass is 9.93. The van der Waals surface area contributed by atoms with Crippen LogP contribution < -0.4 is 9.62 Å². The summed E-state index contributed by atoms with van der Waals surface area (Å²) in [5.41, 5.74) is 1.08. The average molecular weight is 471 g/mol. The van der Waals surface area contributed by atoms with Gasteiger partial charge in [0.1, 0.15) is 6.54 Å². The molecule has 30 heavy (non-hydrogen) atoms. The smallest absolute Gasteiger partial charge is 0.264 e. The van der Waals surface area contributed by atoms with Gasteiger partial charge in [-0.15, -0.1) is 0 Å². The molecule has 8 heteroatoms. The standard InChI is InChI=1S/C22H28Cl2N2O3S/c1-14(2)22(15(3)4)25-21(27)13-26(20-12-17(23)8-11-19(20)24)30(28,29)18-9-6-16(5)7-10-18/h6-12,14-15,22H,13H2,1-5H3,(H,25,27). The Balaban J connectivity index is 2.48. The van der Waals surface area contributed by atoms with Crippen molar-refractivity contribution in [1.29, 1.82) is 0 Å². The summed E-state index contributed by atoms with van der Waals surface area (Å²) in [6, 6.07) is 10.9. The first-order valence-corrected chi connectivity index (χ1v) is 12.0. The van der Waals surface area contributed by atoms with Crippen LogP contribution in [-0.4, -0.2) is 26.9 Å². The lowest BCUT2D eigenvalue weighted by Crippen LogP contribution is -2.48. The molecule has 1 amide bonds. The maximum absolute atomic E-state index is 13.4. The SMILES string of the molecule is Cc1ccc(S(=O)(=O)N(CC(=O)NC(C(C)C)C(C)C)c2cc(Cl)ccc2Cl)cc1. The van der Waals surface area contributed by atoms with Crippen LogP contribution in [0.2, 0.25) is 10.0 Å². The van der Waals surface area contributed by atoms with Crippen molar-refractivity contribution in [2.45, 2.75) is 45.6 Å². The summed E-state index contributed by atoms with van der Waals surface area (Å²) in [7, 11) is -4.05. The zero-order valence-corrected chi connectivity index (χ0v) is 20.1. The highest BCUT2D eigenvalue weighted by Gasteiger charge is 2.30. The molecular weight excluding hydrogens is 443 g/mol. The average Bonchev–Trinajstić information content (AvgIpc) is 2.66. The first-order chi connectivity index (χ1) is 13.9. The summed E-state index contributed by atoms with van der Waals surface area (Å²) in [5.74, 6) is -0.00847. The monoisotopic (exact) mass is 470 g/mol. The zero-order chi connectivity index (χ0) is 22.6. The van der Waals surface area contributed by atoms with Gasteiger partial charge in [0.15, 0.2) is 0 Å². The molecule has 0 atom stereocenters. The molecule has 2 rings (SSSR count). The number of amides is 1. The van der Waals surface area contributed by atoms with Gasteiger partial charge in [-0.2, -0.15) is 0 Å². The van der Waals surface area contributed by atoms with E-state index in [-0.39, 0.29) is 33.5 Å². The Hall–Kier alpha value is -1.76. The van der Waals surface area contributed by atoms with Crippen molar-refractivity contribution in [2.75, 3.05) is 10.8 Å². The molecule has 164 valence electrons. The van der Waals surface area contributed by atoms with Crippen LogP contribution >= 0.6 is 23.2 Å². The normalized spacial score (nSPS) is 11.9. The summed E-state index contributed by atoms with van der Waals surface area (Å²) in [6.45, 7) is 9.51. The van der Waals surface area contributed by atoms with E-state index in [1.165, 1.54) is 24.3 Å². The summed E-state index contributed by atoms with van der Waals surface area (Å²) < 4.78 is 27.9. The van der Waals surface area contributed by atoms with Crippen LogP contribution in [0, 0.1) is 18.8 Å². The van der Waals surface area contributed by atoms with Crippen LogP contribution in [-0.2, 0) is 14.8 Å². The highest BCUT2D eigenvalue weighted by molar-refractivity contribution is 7.92. The Morgan fingerprint density at radius 1 is 1.00 bits per heavy atom. The van der Waals surface area contributed by atoms with Crippen molar-refractivity contribution in [3.63, 3.8) is 0 Å². The van der Waals surface area contributed by atoms with E-state index in [1.54, 1.807) is 18.2 Å². The fourth-order valence-electron chi connectivity index (χ4n) is 3.28. The van der Waals surface area contributed by atoms with E-state index in [0.29, 0.717) is 5.02 Å². The lowest BCUT2D eigenvalue weighted by molar-refractivity contribution is -0.121. The summed E-state index contributed by atoms with van der Waals surface area (Å²) >= 11 is 12.4. The van der Waals surface area contributed by atoms with Gasteiger partial charge in [0.25, 0.3) is 10.0 Å². The topological polar surface area (TPSA) is 66.5 Å². The maximum atomic E-state index is 13.4. The summed E-state index contributed by atoms with van der Waals surface area (Å²) in [4.78, 5) is 13.0. The first-order valence-electron chi connectivity index (χ1n) is 9.77. The third kappa shape index (κ3) is 5.90. The highest BCUT2D eigenvalue weighted by atomic mass is 35.5. The molecule has 2 aromatic carbocycles. The molecule has 5 nitrogen and oxygen atoms in total. The number of nitrogens with zero attached hydrogens (tertiary/aromatic N) is 1. The van der Waals surface area contributed by atoms with Gasteiger partial charge in [-0.25, -0.2) is 8.42 Å². The number of carbonyl (C=O) groups excluding carboxylic acids is 1. The number of halogens is 2. The quantitative estimate of drug-likeness (QED) is 0.569. The molecule has 0 aliphatic carbocycles. The number of hydrogen-bond donors (Lipinski definition) is 1. The second-order valence-corrected chi connectivity index (χ2v) is 10.7. The van der Waals surface area contributed by atoms with Gasteiger partial charge < -0.3 is 5.32 Å². The van der Waals surface area contributed by atoms with Crippen LogP contribution in [0.3, 0.4) is 0 Å². The van der Waals surface area contributed by atoms with Gasteiger partial charge >= 0.3 is 0 Å². The second-order valence-electron chi connectivity index (χ2n) is 8.00. The van der Waals surface area contributed by atoms with Crippen molar-refractivity contribution in [1.82, 2.24) is 5.32 Å². The van der Waals surface area contributed by atoms with Gasteiger partial charge in [-0.05, 0) is 49.1 Å². The Morgan fingerprint density at radius 2 is 1.57 bits per heavy atom. The molecule has 0 aromatic heterocycles. The largest absolute Gasteiger partial charge is 0.351 e. The number of carbonyl (C=O) groups is 1. The van der Waals surface area contributed by atoms with Gasteiger partial charge in [0.05, 0.1) is 15.6 Å². The fraction of sp³-hybridized carbons (Fsp3) is 0.409. The maximum Gasteiger partial charge on any atom is 0.264 e. The third-order valence-electron chi connectivity index (χ3n) is 4.84. The molecular formula is C22H28Cl2N2O3S. The van der Waals surface area contributed by atoms with Crippen molar-refractivity contribution in [3.8, 4) is 0 Å². The van der Waals surface area contributed by atoms with E-state index < -0.39 is 22.5 Å².